The SMILES string of the molecule is CC(=O)O[C@H]1CC[C@@]2(C)C(=CC[C@H]3[C@@H]4CC[C@H]([C@H](C)CC#CC(C)(C)OC(C)=O)[C@@]4(C)CC[C@@H]32)C1. The van der Waals surface area contributed by atoms with Gasteiger partial charge in [-0.05, 0) is 99.2 Å². The molecule has 8 atom stereocenters. The molecule has 0 radical (unpaired) electrons. The van der Waals surface area contributed by atoms with Crippen molar-refractivity contribution in [2.75, 3.05) is 0 Å². The Bertz CT molecular complexity index is 935. The van der Waals surface area contributed by atoms with Crippen molar-refractivity contribution in [3.05, 3.63) is 11.6 Å². The topological polar surface area (TPSA) is 52.6 Å². The van der Waals surface area contributed by atoms with Crippen molar-refractivity contribution in [1.82, 2.24) is 0 Å². The van der Waals surface area contributed by atoms with E-state index in [1.54, 1.807) is 5.57 Å². The highest BCUT2D eigenvalue weighted by Gasteiger charge is 2.59. The molecular weight excluding hydrogens is 436 g/mol. The Balaban J connectivity index is 1.45. The summed E-state index contributed by atoms with van der Waals surface area (Å²) in [6.45, 7) is 14.2. The molecule has 0 heterocycles. The van der Waals surface area contributed by atoms with Gasteiger partial charge in [-0.15, -0.1) is 0 Å². The van der Waals surface area contributed by atoms with Crippen LogP contribution in [0.4, 0.5) is 0 Å². The van der Waals surface area contributed by atoms with Gasteiger partial charge in [-0.1, -0.05) is 44.3 Å². The molecule has 0 spiro atoms. The van der Waals surface area contributed by atoms with Crippen LogP contribution in [0, 0.1) is 52.3 Å². The van der Waals surface area contributed by atoms with E-state index in [0.717, 1.165) is 43.4 Å². The molecule has 0 N–H and O–H groups in total. The molecule has 3 saturated carbocycles. The molecule has 0 saturated heterocycles. The van der Waals surface area contributed by atoms with Gasteiger partial charge < -0.3 is 9.47 Å². The summed E-state index contributed by atoms with van der Waals surface area (Å²) in [5.74, 6) is 9.72. The van der Waals surface area contributed by atoms with Gasteiger partial charge in [0.25, 0.3) is 0 Å². The minimum Gasteiger partial charge on any atom is -0.462 e. The van der Waals surface area contributed by atoms with Crippen molar-refractivity contribution in [2.45, 2.75) is 118 Å². The average molecular weight is 483 g/mol. The van der Waals surface area contributed by atoms with Crippen molar-refractivity contribution in [1.29, 1.82) is 0 Å². The number of rotatable bonds is 4. The maximum Gasteiger partial charge on any atom is 0.304 e. The summed E-state index contributed by atoms with van der Waals surface area (Å²) in [6, 6.07) is 0. The monoisotopic (exact) mass is 482 g/mol. The molecule has 4 heteroatoms. The van der Waals surface area contributed by atoms with E-state index in [-0.39, 0.29) is 23.5 Å². The average Bonchev–Trinajstić information content (AvgIpc) is 3.10. The van der Waals surface area contributed by atoms with Crippen LogP contribution in [0.2, 0.25) is 0 Å². The van der Waals surface area contributed by atoms with Gasteiger partial charge in [0, 0.05) is 26.7 Å². The molecule has 0 unspecified atom stereocenters. The Morgan fingerprint density at radius 3 is 2.51 bits per heavy atom. The number of esters is 2. The van der Waals surface area contributed by atoms with Crippen LogP contribution in [-0.2, 0) is 19.1 Å². The van der Waals surface area contributed by atoms with Gasteiger partial charge in [0.2, 0.25) is 0 Å². The molecule has 4 aliphatic rings. The van der Waals surface area contributed by atoms with Gasteiger partial charge in [-0.3, -0.25) is 9.59 Å². The standard InChI is InChI=1S/C31H46O4/c1-20(9-8-16-29(4,5)35-22(3)33)26-12-13-27-25-11-10-23-19-24(34-21(2)32)14-17-30(23,6)28(25)15-18-31(26,27)7/h10,20,24-28H,9,11-15,17-19H2,1-7H3/t20-,24+,25+,26-,27+,28+,30+,31-/m1/s1. The number of ether oxygens (including phenoxy) is 2. The fourth-order valence-corrected chi connectivity index (χ4v) is 8.89. The van der Waals surface area contributed by atoms with Gasteiger partial charge in [0.15, 0.2) is 5.60 Å². The van der Waals surface area contributed by atoms with E-state index < -0.39 is 5.60 Å². The third kappa shape index (κ3) is 5.07. The molecule has 194 valence electrons. The second kappa shape index (κ2) is 9.60. The van der Waals surface area contributed by atoms with Crippen LogP contribution in [-0.4, -0.2) is 23.6 Å². The lowest BCUT2D eigenvalue weighted by molar-refractivity contribution is -0.149. The molecule has 3 fully saturated rings. The van der Waals surface area contributed by atoms with E-state index in [1.807, 2.05) is 13.8 Å². The number of fused-ring (bicyclic) bond motifs is 5. The molecule has 0 aromatic heterocycles. The Labute approximate surface area is 213 Å². The molecule has 0 bridgehead atoms. The molecule has 0 amide bonds. The van der Waals surface area contributed by atoms with E-state index in [4.69, 9.17) is 9.47 Å². The molecule has 4 rings (SSSR count). The lowest BCUT2D eigenvalue weighted by Gasteiger charge is -2.58. The van der Waals surface area contributed by atoms with E-state index in [9.17, 15) is 9.59 Å². The predicted octanol–water partition coefficient (Wildman–Crippen LogP) is 6.87. The zero-order valence-electron chi connectivity index (χ0n) is 23.0. The molecule has 0 aliphatic heterocycles. The number of carbonyl (C=O) groups is 2. The summed E-state index contributed by atoms with van der Waals surface area (Å²) in [7, 11) is 0. The van der Waals surface area contributed by atoms with E-state index in [2.05, 4.69) is 38.7 Å². The van der Waals surface area contributed by atoms with Crippen LogP contribution in [0.25, 0.3) is 0 Å². The van der Waals surface area contributed by atoms with Crippen molar-refractivity contribution in [3.63, 3.8) is 0 Å². The normalized spacial score (nSPS) is 39.1. The fourth-order valence-electron chi connectivity index (χ4n) is 8.89. The van der Waals surface area contributed by atoms with Gasteiger partial charge in [0.1, 0.15) is 6.10 Å². The minimum atomic E-state index is -0.720. The second-order valence-corrected chi connectivity index (χ2v) is 13.0. The maximum absolute atomic E-state index is 11.5. The zero-order chi connectivity index (χ0) is 25.6. The maximum atomic E-state index is 11.5. The molecular formula is C31H46O4. The Morgan fingerprint density at radius 1 is 1.09 bits per heavy atom. The first-order valence-corrected chi connectivity index (χ1v) is 13.9. The van der Waals surface area contributed by atoms with Crippen LogP contribution < -0.4 is 0 Å². The smallest absolute Gasteiger partial charge is 0.304 e. The largest absolute Gasteiger partial charge is 0.462 e. The summed E-state index contributed by atoms with van der Waals surface area (Å²) in [4.78, 5) is 22.8. The highest BCUT2D eigenvalue weighted by Crippen LogP contribution is 2.67. The van der Waals surface area contributed by atoms with Crippen LogP contribution >= 0.6 is 0 Å². The first-order chi connectivity index (χ1) is 16.4. The number of carbonyl (C=O) groups excluding carboxylic acids is 2. The molecule has 0 aromatic carbocycles. The highest BCUT2D eigenvalue weighted by atomic mass is 16.6. The number of allylic oxidation sites excluding steroid dienone is 1. The third-order valence-corrected chi connectivity index (χ3v) is 10.4. The lowest BCUT2D eigenvalue weighted by atomic mass is 9.47. The molecule has 4 nitrogen and oxygen atoms in total. The summed E-state index contributed by atoms with van der Waals surface area (Å²) in [5, 5.41) is 0. The summed E-state index contributed by atoms with van der Waals surface area (Å²) in [5.41, 5.74) is 1.51. The molecule has 35 heavy (non-hydrogen) atoms. The number of hydrogen-bond donors (Lipinski definition) is 0. The Kier molecular flexibility index (Phi) is 7.22. The highest BCUT2D eigenvalue weighted by molar-refractivity contribution is 5.67. The van der Waals surface area contributed by atoms with Gasteiger partial charge in [-0.2, -0.15) is 0 Å². The van der Waals surface area contributed by atoms with Gasteiger partial charge >= 0.3 is 11.9 Å². The van der Waals surface area contributed by atoms with E-state index in [0.29, 0.717) is 17.3 Å². The quantitative estimate of drug-likeness (QED) is 0.249. The van der Waals surface area contributed by atoms with Crippen molar-refractivity contribution >= 4 is 11.9 Å². The summed E-state index contributed by atoms with van der Waals surface area (Å²) >= 11 is 0. The molecule has 4 aliphatic carbocycles. The van der Waals surface area contributed by atoms with Crippen molar-refractivity contribution < 1.29 is 19.1 Å². The van der Waals surface area contributed by atoms with Crippen molar-refractivity contribution in [3.8, 4) is 11.8 Å². The summed E-state index contributed by atoms with van der Waals surface area (Å²) in [6.07, 6.45) is 13.0. The van der Waals surface area contributed by atoms with Crippen LogP contribution in [0.1, 0.15) is 106 Å². The first kappa shape index (κ1) is 26.3. The second-order valence-electron chi connectivity index (χ2n) is 13.0. The minimum absolute atomic E-state index is 0.0703. The number of hydrogen-bond acceptors (Lipinski definition) is 4. The lowest BCUT2D eigenvalue weighted by Crippen LogP contribution is -2.51. The van der Waals surface area contributed by atoms with Gasteiger partial charge in [-0.25, -0.2) is 0 Å². The Morgan fingerprint density at radius 2 is 1.83 bits per heavy atom. The third-order valence-electron chi connectivity index (χ3n) is 10.4. The van der Waals surface area contributed by atoms with E-state index >= 15 is 0 Å². The van der Waals surface area contributed by atoms with E-state index in [1.165, 1.54) is 46.0 Å². The van der Waals surface area contributed by atoms with Crippen molar-refractivity contribution in [2.24, 2.45) is 40.4 Å². The molecule has 0 aromatic rings. The predicted molar refractivity (Wildman–Crippen MR) is 138 cm³/mol. The van der Waals surface area contributed by atoms with Gasteiger partial charge in [0.05, 0.1) is 0 Å². The van der Waals surface area contributed by atoms with Crippen LogP contribution in [0.3, 0.4) is 0 Å². The fraction of sp³-hybridized carbons (Fsp3) is 0.806. The Hall–Kier alpha value is -1.76. The summed E-state index contributed by atoms with van der Waals surface area (Å²) < 4.78 is 10.9. The zero-order valence-corrected chi connectivity index (χ0v) is 23.0. The van der Waals surface area contributed by atoms with Crippen LogP contribution in [0.5, 0.6) is 0 Å². The van der Waals surface area contributed by atoms with Crippen LogP contribution in [0.15, 0.2) is 11.6 Å². The first-order valence-electron chi connectivity index (χ1n) is 13.9.